The van der Waals surface area contributed by atoms with E-state index in [1.54, 1.807) is 0 Å². The fourth-order valence-electron chi connectivity index (χ4n) is 1.88. The van der Waals surface area contributed by atoms with Gasteiger partial charge in [0.15, 0.2) is 28.4 Å². The molecule has 0 aliphatic rings. The summed E-state index contributed by atoms with van der Waals surface area (Å²) in [7, 11) is 0. The van der Waals surface area contributed by atoms with Gasteiger partial charge in [-0.1, -0.05) is 12.1 Å². The molecule has 2 N–H and O–H groups in total. The molecule has 0 spiro atoms. The van der Waals surface area contributed by atoms with Crippen molar-refractivity contribution in [1.82, 2.24) is 5.43 Å². The van der Waals surface area contributed by atoms with Gasteiger partial charge in [-0.05, 0) is 24.4 Å². The molecule has 0 bridgehead atoms. The average molecular weight is 413 g/mol. The molecular formula is C15H7F8N3S. The second-order valence-corrected chi connectivity index (χ2v) is 5.26. The number of nitrogens with zero attached hydrogens (tertiary/aromatic N) is 1. The van der Waals surface area contributed by atoms with E-state index in [9.17, 15) is 35.1 Å². The van der Waals surface area contributed by atoms with Crippen molar-refractivity contribution in [2.24, 2.45) is 5.10 Å². The molecule has 0 unspecified atom stereocenters. The Labute approximate surface area is 151 Å². The molecule has 0 saturated carbocycles. The Bertz CT molecular complexity index is 882. The van der Waals surface area contributed by atoms with E-state index in [0.717, 1.165) is 18.2 Å². The molecule has 0 atom stereocenters. The number of anilines is 1. The van der Waals surface area contributed by atoms with Gasteiger partial charge in [0.1, 0.15) is 0 Å². The lowest BCUT2D eigenvalue weighted by atomic mass is 10.2. The first-order valence-electron chi connectivity index (χ1n) is 6.81. The molecule has 2 rings (SSSR count). The van der Waals surface area contributed by atoms with Gasteiger partial charge in [0, 0.05) is 0 Å². The molecule has 0 aliphatic carbocycles. The minimum atomic E-state index is -4.68. The van der Waals surface area contributed by atoms with Gasteiger partial charge < -0.3 is 5.32 Å². The third kappa shape index (κ3) is 4.51. The monoisotopic (exact) mass is 413 g/mol. The molecule has 0 fully saturated rings. The van der Waals surface area contributed by atoms with Crippen LogP contribution in [-0.2, 0) is 6.18 Å². The van der Waals surface area contributed by atoms with Crippen LogP contribution in [0.15, 0.2) is 29.4 Å². The van der Waals surface area contributed by atoms with Crippen LogP contribution in [0.1, 0.15) is 11.1 Å². The van der Waals surface area contributed by atoms with E-state index in [0.29, 0.717) is 0 Å². The van der Waals surface area contributed by atoms with Gasteiger partial charge in [0.25, 0.3) is 0 Å². The van der Waals surface area contributed by atoms with E-state index in [4.69, 9.17) is 0 Å². The minimum Gasteiger partial charge on any atom is -0.331 e. The number of thiocarbonyl (C=S) groups is 1. The predicted octanol–water partition coefficient (Wildman–Crippen LogP) is 4.72. The van der Waals surface area contributed by atoms with Crippen LogP contribution in [0.5, 0.6) is 0 Å². The highest BCUT2D eigenvalue weighted by molar-refractivity contribution is 7.80. The molecule has 0 aliphatic heterocycles. The van der Waals surface area contributed by atoms with E-state index in [-0.39, 0.29) is 6.21 Å². The highest BCUT2D eigenvalue weighted by atomic mass is 32.1. The zero-order chi connectivity index (χ0) is 20.4. The van der Waals surface area contributed by atoms with Crippen molar-refractivity contribution < 1.29 is 35.1 Å². The van der Waals surface area contributed by atoms with Crippen molar-refractivity contribution in [2.45, 2.75) is 6.18 Å². The number of para-hydroxylation sites is 1. The lowest BCUT2D eigenvalue weighted by Crippen LogP contribution is -2.25. The highest BCUT2D eigenvalue weighted by Gasteiger charge is 2.33. The molecule has 2 aromatic carbocycles. The number of hydrazone groups is 1. The molecule has 3 nitrogen and oxygen atoms in total. The maximum atomic E-state index is 13.4. The van der Waals surface area contributed by atoms with Gasteiger partial charge in [0.2, 0.25) is 5.82 Å². The number of alkyl halides is 3. The Kier molecular flexibility index (Phi) is 5.98. The predicted molar refractivity (Wildman–Crippen MR) is 84.6 cm³/mol. The van der Waals surface area contributed by atoms with Crippen molar-refractivity contribution >= 4 is 29.2 Å². The van der Waals surface area contributed by atoms with Crippen LogP contribution in [0.2, 0.25) is 0 Å². The van der Waals surface area contributed by atoms with Crippen LogP contribution in [-0.4, -0.2) is 11.3 Å². The third-order valence-electron chi connectivity index (χ3n) is 3.08. The lowest BCUT2D eigenvalue weighted by Gasteiger charge is -2.14. The smallest absolute Gasteiger partial charge is 0.331 e. The maximum absolute atomic E-state index is 13.4. The molecule has 12 heteroatoms. The SMILES string of the molecule is Fc1c(F)c(F)c(/C=N/NC(=S)Nc2ccccc2C(F)(F)F)c(F)c1F. The summed E-state index contributed by atoms with van der Waals surface area (Å²) in [6, 6.07) is 4.28. The van der Waals surface area contributed by atoms with E-state index in [1.165, 1.54) is 6.07 Å². The van der Waals surface area contributed by atoms with E-state index >= 15 is 0 Å². The summed E-state index contributed by atoms with van der Waals surface area (Å²) in [6.45, 7) is 0. The largest absolute Gasteiger partial charge is 0.418 e. The zero-order valence-corrected chi connectivity index (χ0v) is 13.6. The molecule has 0 aromatic heterocycles. The Hall–Kier alpha value is -2.76. The maximum Gasteiger partial charge on any atom is 0.418 e. The first-order chi connectivity index (χ1) is 12.5. The van der Waals surface area contributed by atoms with Crippen LogP contribution in [0.25, 0.3) is 0 Å². The van der Waals surface area contributed by atoms with Crippen LogP contribution in [0.3, 0.4) is 0 Å². The minimum absolute atomic E-state index is 0.250. The number of nitrogens with one attached hydrogen (secondary N) is 2. The molecule has 0 amide bonds. The second kappa shape index (κ2) is 7.86. The Morgan fingerprint density at radius 3 is 1.96 bits per heavy atom. The molecule has 0 radical (unpaired) electrons. The number of rotatable bonds is 3. The quantitative estimate of drug-likeness (QED) is 0.191. The average Bonchev–Trinajstić information content (AvgIpc) is 2.60. The molecule has 27 heavy (non-hydrogen) atoms. The summed E-state index contributed by atoms with van der Waals surface area (Å²) < 4.78 is 104. The van der Waals surface area contributed by atoms with Gasteiger partial charge in [-0.3, -0.25) is 5.43 Å². The van der Waals surface area contributed by atoms with Crippen LogP contribution < -0.4 is 10.7 Å². The van der Waals surface area contributed by atoms with Crippen LogP contribution >= 0.6 is 12.2 Å². The zero-order valence-electron chi connectivity index (χ0n) is 12.8. The van der Waals surface area contributed by atoms with Crippen molar-refractivity contribution in [2.75, 3.05) is 5.32 Å². The summed E-state index contributed by atoms with van der Waals surface area (Å²) in [6.07, 6.45) is -4.43. The van der Waals surface area contributed by atoms with Crippen molar-refractivity contribution in [1.29, 1.82) is 0 Å². The summed E-state index contributed by atoms with van der Waals surface area (Å²) in [5, 5.41) is 4.80. The summed E-state index contributed by atoms with van der Waals surface area (Å²) in [5.41, 5.74) is -0.913. The second-order valence-electron chi connectivity index (χ2n) is 4.85. The number of hydrogen-bond donors (Lipinski definition) is 2. The number of hydrogen-bond acceptors (Lipinski definition) is 2. The first-order valence-corrected chi connectivity index (χ1v) is 7.22. The molecule has 0 heterocycles. The molecular weight excluding hydrogens is 406 g/mol. The van der Waals surface area contributed by atoms with Gasteiger partial charge in [0.05, 0.1) is 23.0 Å². The van der Waals surface area contributed by atoms with Gasteiger partial charge in [-0.25, -0.2) is 22.0 Å². The normalized spacial score (nSPS) is 11.7. The summed E-state index contributed by atoms with van der Waals surface area (Å²) in [5.74, 6) is -10.9. The van der Waals surface area contributed by atoms with Crippen LogP contribution in [0.4, 0.5) is 40.8 Å². The van der Waals surface area contributed by atoms with E-state index < -0.39 is 57.2 Å². The molecule has 144 valence electrons. The van der Waals surface area contributed by atoms with Gasteiger partial charge >= 0.3 is 6.18 Å². The van der Waals surface area contributed by atoms with Crippen molar-refractivity contribution in [3.05, 3.63) is 64.5 Å². The first kappa shape index (κ1) is 20.6. The lowest BCUT2D eigenvalue weighted by molar-refractivity contribution is -0.136. The van der Waals surface area contributed by atoms with Gasteiger partial charge in [-0.2, -0.15) is 18.3 Å². The fourth-order valence-corrected chi connectivity index (χ4v) is 2.04. The Balaban J connectivity index is 2.16. The van der Waals surface area contributed by atoms with Gasteiger partial charge in [-0.15, -0.1) is 0 Å². The third-order valence-corrected chi connectivity index (χ3v) is 3.28. The molecule has 2 aromatic rings. The van der Waals surface area contributed by atoms with Crippen molar-refractivity contribution in [3.8, 4) is 0 Å². The fraction of sp³-hybridized carbons (Fsp3) is 0.0667. The van der Waals surface area contributed by atoms with Crippen LogP contribution in [0, 0.1) is 29.1 Å². The van der Waals surface area contributed by atoms with E-state index in [2.05, 4.69) is 22.6 Å². The summed E-state index contributed by atoms with van der Waals surface area (Å²) in [4.78, 5) is 0. The van der Waals surface area contributed by atoms with Crippen molar-refractivity contribution in [3.63, 3.8) is 0 Å². The highest BCUT2D eigenvalue weighted by Crippen LogP contribution is 2.34. The van der Waals surface area contributed by atoms with E-state index in [1.807, 2.05) is 5.43 Å². The Morgan fingerprint density at radius 2 is 1.41 bits per heavy atom. The number of halogens is 8. The summed E-state index contributed by atoms with van der Waals surface area (Å²) >= 11 is 4.67. The molecule has 0 saturated heterocycles. The Morgan fingerprint density at radius 1 is 0.889 bits per heavy atom. The standard InChI is InChI=1S/C15H7F8N3S/c16-9-6(10(17)12(19)13(20)11(9)18)5-24-26-14(27)25-8-4-2-1-3-7(8)15(21,22)23/h1-5H,(H2,25,26,27)/b24-5+. The topological polar surface area (TPSA) is 36.4 Å². The number of benzene rings is 2.